The molecule has 0 saturated heterocycles. The van der Waals surface area contributed by atoms with Gasteiger partial charge in [-0.15, -0.1) is 0 Å². The third kappa shape index (κ3) is 8.29. The molecule has 0 aromatic carbocycles. The first-order valence-corrected chi connectivity index (χ1v) is 7.94. The molecule has 0 bridgehead atoms. The molecular formula is C15H26F3NO2. The summed E-state index contributed by atoms with van der Waals surface area (Å²) in [5, 5.41) is 11.2. The maximum Gasteiger partial charge on any atom is 0.404 e. The number of carboxylic acid groups (broad SMARTS) is 1. The van der Waals surface area contributed by atoms with Gasteiger partial charge in [0, 0.05) is 6.04 Å². The van der Waals surface area contributed by atoms with Gasteiger partial charge in [-0.3, -0.25) is 4.79 Å². The second-order valence-corrected chi connectivity index (χ2v) is 5.96. The van der Waals surface area contributed by atoms with Crippen molar-refractivity contribution >= 4 is 5.97 Å². The number of alkyl halides is 3. The van der Waals surface area contributed by atoms with Crippen LogP contribution < -0.4 is 5.32 Å². The lowest BCUT2D eigenvalue weighted by Gasteiger charge is -2.26. The Bertz CT molecular complexity index is 296. The lowest BCUT2D eigenvalue weighted by atomic mass is 10.0. The lowest BCUT2D eigenvalue weighted by Crippen LogP contribution is -2.48. The third-order valence-corrected chi connectivity index (χ3v) is 4.07. The van der Waals surface area contributed by atoms with Crippen LogP contribution in [0, 0.1) is 0 Å². The standard InChI is InChI=1S/C15H26F3NO2/c16-15(17,18)13(11-14(20)21)19-12-9-7-5-3-1-2-4-6-8-10-12/h12-13,19H,1-11H2,(H,20,21). The summed E-state index contributed by atoms with van der Waals surface area (Å²) in [5.41, 5.74) is 0. The van der Waals surface area contributed by atoms with Crippen LogP contribution in [0.3, 0.4) is 0 Å². The normalized spacial score (nSPS) is 21.5. The second kappa shape index (κ2) is 9.28. The molecule has 0 aromatic heterocycles. The van der Waals surface area contributed by atoms with E-state index in [-0.39, 0.29) is 6.04 Å². The van der Waals surface area contributed by atoms with Crippen molar-refractivity contribution in [2.45, 2.75) is 88.9 Å². The minimum Gasteiger partial charge on any atom is -0.481 e. The number of hydrogen-bond acceptors (Lipinski definition) is 2. The summed E-state index contributed by atoms with van der Waals surface area (Å²) in [7, 11) is 0. The van der Waals surface area contributed by atoms with Crippen LogP contribution >= 0.6 is 0 Å². The van der Waals surface area contributed by atoms with Crippen molar-refractivity contribution in [1.82, 2.24) is 5.32 Å². The van der Waals surface area contributed by atoms with Gasteiger partial charge in [-0.2, -0.15) is 13.2 Å². The van der Waals surface area contributed by atoms with Gasteiger partial charge in [-0.25, -0.2) is 0 Å². The highest BCUT2D eigenvalue weighted by Gasteiger charge is 2.41. The Morgan fingerprint density at radius 3 is 1.81 bits per heavy atom. The van der Waals surface area contributed by atoms with Gasteiger partial charge in [0.25, 0.3) is 0 Å². The average molecular weight is 309 g/mol. The number of halogens is 3. The number of nitrogens with one attached hydrogen (secondary N) is 1. The van der Waals surface area contributed by atoms with E-state index in [1.54, 1.807) is 0 Å². The Morgan fingerprint density at radius 1 is 1.00 bits per heavy atom. The predicted molar refractivity (Wildman–Crippen MR) is 75.2 cm³/mol. The largest absolute Gasteiger partial charge is 0.481 e. The summed E-state index contributed by atoms with van der Waals surface area (Å²) in [6.45, 7) is 0. The van der Waals surface area contributed by atoms with E-state index in [0.717, 1.165) is 38.5 Å². The molecule has 0 amide bonds. The van der Waals surface area contributed by atoms with Crippen LogP contribution in [0.15, 0.2) is 0 Å². The van der Waals surface area contributed by atoms with Crippen molar-refractivity contribution in [3.8, 4) is 0 Å². The van der Waals surface area contributed by atoms with Gasteiger partial charge in [0.1, 0.15) is 6.04 Å². The number of hydrogen-bond donors (Lipinski definition) is 2. The summed E-state index contributed by atoms with van der Waals surface area (Å²) < 4.78 is 38.7. The minimum atomic E-state index is -4.51. The van der Waals surface area contributed by atoms with E-state index in [1.165, 1.54) is 12.8 Å². The number of aliphatic carboxylic acids is 1. The van der Waals surface area contributed by atoms with Crippen LogP contribution in [0.5, 0.6) is 0 Å². The maximum atomic E-state index is 12.9. The van der Waals surface area contributed by atoms with Crippen molar-refractivity contribution in [2.75, 3.05) is 0 Å². The molecule has 2 N–H and O–H groups in total. The summed E-state index contributed by atoms with van der Waals surface area (Å²) in [5.74, 6) is -1.42. The fraction of sp³-hybridized carbons (Fsp3) is 0.933. The van der Waals surface area contributed by atoms with E-state index < -0.39 is 24.6 Å². The zero-order valence-electron chi connectivity index (χ0n) is 12.4. The highest BCUT2D eigenvalue weighted by molar-refractivity contribution is 5.67. The molecule has 1 aliphatic carbocycles. The summed E-state index contributed by atoms with van der Waals surface area (Å²) in [4.78, 5) is 10.6. The van der Waals surface area contributed by atoms with Gasteiger partial charge in [-0.05, 0) is 12.8 Å². The zero-order chi connectivity index (χ0) is 15.7. The highest BCUT2D eigenvalue weighted by Crippen LogP contribution is 2.25. The van der Waals surface area contributed by atoms with Gasteiger partial charge in [0.2, 0.25) is 0 Å². The second-order valence-electron chi connectivity index (χ2n) is 5.96. The molecule has 1 aliphatic rings. The Balaban J connectivity index is 2.57. The summed E-state index contributed by atoms with van der Waals surface area (Å²) >= 11 is 0. The lowest BCUT2D eigenvalue weighted by molar-refractivity contribution is -0.168. The monoisotopic (exact) mass is 309 g/mol. The molecule has 0 heterocycles. The number of carboxylic acids is 1. The van der Waals surface area contributed by atoms with Gasteiger partial charge in [0.05, 0.1) is 6.42 Å². The van der Waals surface area contributed by atoms with Crippen LogP contribution in [0.4, 0.5) is 13.2 Å². The predicted octanol–water partition coefficient (Wildman–Crippen LogP) is 4.26. The van der Waals surface area contributed by atoms with E-state index >= 15 is 0 Å². The SMILES string of the molecule is O=C(O)CC(NC1CCCCCCCCCC1)C(F)(F)F. The molecule has 3 nitrogen and oxygen atoms in total. The van der Waals surface area contributed by atoms with Crippen LogP contribution in [-0.2, 0) is 4.79 Å². The molecule has 1 saturated carbocycles. The van der Waals surface area contributed by atoms with Crippen LogP contribution in [0.25, 0.3) is 0 Å². The average Bonchev–Trinajstić information content (AvgIpc) is 2.42. The number of carbonyl (C=O) groups is 1. The Labute approximate surface area is 124 Å². The van der Waals surface area contributed by atoms with Crippen LogP contribution in [-0.4, -0.2) is 29.3 Å². The summed E-state index contributed by atoms with van der Waals surface area (Å²) in [6, 6.07) is -2.17. The van der Waals surface area contributed by atoms with Gasteiger partial charge in [-0.1, -0.05) is 51.4 Å². The molecule has 1 fully saturated rings. The molecular weight excluding hydrogens is 283 g/mol. The molecule has 21 heavy (non-hydrogen) atoms. The first kappa shape index (κ1) is 18.3. The smallest absolute Gasteiger partial charge is 0.404 e. The topological polar surface area (TPSA) is 49.3 Å². The molecule has 0 radical (unpaired) electrons. The van der Waals surface area contributed by atoms with Gasteiger partial charge < -0.3 is 10.4 Å². The fourth-order valence-electron chi connectivity index (χ4n) is 2.88. The minimum absolute atomic E-state index is 0.228. The quantitative estimate of drug-likeness (QED) is 0.815. The first-order chi connectivity index (χ1) is 9.89. The van der Waals surface area contributed by atoms with E-state index in [4.69, 9.17) is 5.11 Å². The highest BCUT2D eigenvalue weighted by atomic mass is 19.4. The van der Waals surface area contributed by atoms with Crippen molar-refractivity contribution in [1.29, 1.82) is 0 Å². The van der Waals surface area contributed by atoms with Gasteiger partial charge >= 0.3 is 12.1 Å². The molecule has 0 aliphatic heterocycles. The molecule has 1 rings (SSSR count). The van der Waals surface area contributed by atoms with Crippen LogP contribution in [0.2, 0.25) is 0 Å². The van der Waals surface area contributed by atoms with Crippen LogP contribution in [0.1, 0.15) is 70.6 Å². The van der Waals surface area contributed by atoms with Crippen molar-refractivity contribution < 1.29 is 23.1 Å². The third-order valence-electron chi connectivity index (χ3n) is 4.07. The van der Waals surface area contributed by atoms with Crippen molar-refractivity contribution in [2.24, 2.45) is 0 Å². The zero-order valence-corrected chi connectivity index (χ0v) is 12.4. The molecule has 124 valence electrons. The van der Waals surface area contributed by atoms with Gasteiger partial charge in [0.15, 0.2) is 0 Å². The molecule has 0 spiro atoms. The van der Waals surface area contributed by atoms with E-state index in [2.05, 4.69) is 5.32 Å². The van der Waals surface area contributed by atoms with Crippen molar-refractivity contribution in [3.05, 3.63) is 0 Å². The Hall–Kier alpha value is -0.780. The molecule has 1 atom stereocenters. The Morgan fingerprint density at radius 2 is 1.43 bits per heavy atom. The molecule has 1 unspecified atom stereocenters. The summed E-state index contributed by atoms with van der Waals surface area (Å²) in [6.07, 6.45) is 4.62. The molecule has 0 aromatic rings. The van der Waals surface area contributed by atoms with E-state index in [9.17, 15) is 18.0 Å². The fourth-order valence-corrected chi connectivity index (χ4v) is 2.88. The van der Waals surface area contributed by atoms with E-state index in [0.29, 0.717) is 12.8 Å². The maximum absolute atomic E-state index is 12.9. The first-order valence-electron chi connectivity index (χ1n) is 7.94. The molecule has 6 heteroatoms. The number of rotatable bonds is 4. The van der Waals surface area contributed by atoms with Crippen molar-refractivity contribution in [3.63, 3.8) is 0 Å². The van der Waals surface area contributed by atoms with E-state index in [1.807, 2.05) is 0 Å². The Kier molecular flexibility index (Phi) is 8.07.